The van der Waals surface area contributed by atoms with Crippen molar-refractivity contribution in [3.63, 3.8) is 0 Å². The summed E-state index contributed by atoms with van der Waals surface area (Å²) in [5, 5.41) is 8.74. The smallest absolute Gasteiger partial charge is 0.252 e. The van der Waals surface area contributed by atoms with Gasteiger partial charge in [0, 0.05) is 3.57 Å². The van der Waals surface area contributed by atoms with E-state index in [1.807, 2.05) is 28.7 Å². The van der Waals surface area contributed by atoms with Crippen molar-refractivity contribution in [2.45, 2.75) is 0 Å². The molecule has 1 aromatic rings. The van der Waals surface area contributed by atoms with Gasteiger partial charge in [-0.05, 0) is 34.7 Å². The van der Waals surface area contributed by atoms with Gasteiger partial charge in [-0.2, -0.15) is 5.26 Å². The number of primary amides is 1. The fourth-order valence-corrected chi connectivity index (χ4v) is 1.59. The van der Waals surface area contributed by atoms with Gasteiger partial charge in [0.05, 0.1) is 18.2 Å². The van der Waals surface area contributed by atoms with Crippen molar-refractivity contribution in [2.75, 3.05) is 7.11 Å². The lowest BCUT2D eigenvalue weighted by Gasteiger charge is -2.06. The maximum absolute atomic E-state index is 11.0. The molecule has 4 nitrogen and oxygen atoms in total. The molecule has 0 aliphatic rings. The second-order valence-electron chi connectivity index (χ2n) is 2.51. The minimum absolute atomic E-state index is 0.288. The van der Waals surface area contributed by atoms with Gasteiger partial charge >= 0.3 is 0 Å². The van der Waals surface area contributed by atoms with Gasteiger partial charge in [-0.1, -0.05) is 0 Å². The summed E-state index contributed by atoms with van der Waals surface area (Å²) in [7, 11) is 1.43. The predicted molar refractivity (Wildman–Crippen MR) is 58.9 cm³/mol. The number of carbonyl (C=O) groups excluding carboxylic acids is 1. The molecule has 72 valence electrons. The number of hydrogen-bond acceptors (Lipinski definition) is 3. The zero-order valence-electron chi connectivity index (χ0n) is 7.37. The number of benzene rings is 1. The molecule has 0 aliphatic heterocycles. The van der Waals surface area contributed by atoms with Crippen molar-refractivity contribution < 1.29 is 9.53 Å². The molecule has 0 atom stereocenters. The highest BCUT2D eigenvalue weighted by molar-refractivity contribution is 14.1. The summed E-state index contributed by atoms with van der Waals surface area (Å²) in [6.07, 6.45) is 0. The summed E-state index contributed by atoms with van der Waals surface area (Å²) in [5.74, 6) is -0.237. The largest absolute Gasteiger partial charge is 0.496 e. The molecule has 1 aromatic carbocycles. The van der Waals surface area contributed by atoms with Gasteiger partial charge in [0.1, 0.15) is 11.8 Å². The number of methoxy groups -OCH3 is 1. The topological polar surface area (TPSA) is 76.1 Å². The molecule has 0 saturated carbocycles. The lowest BCUT2D eigenvalue weighted by Crippen LogP contribution is -2.13. The third-order valence-electron chi connectivity index (χ3n) is 1.68. The van der Waals surface area contributed by atoms with Crippen LogP contribution in [0.15, 0.2) is 12.1 Å². The monoisotopic (exact) mass is 302 g/mol. The molecule has 1 amide bonds. The zero-order valence-corrected chi connectivity index (χ0v) is 9.53. The average molecular weight is 302 g/mol. The summed E-state index contributed by atoms with van der Waals surface area (Å²) >= 11 is 1.97. The first kappa shape index (κ1) is 10.8. The fourth-order valence-electron chi connectivity index (χ4n) is 1.00. The van der Waals surface area contributed by atoms with E-state index in [2.05, 4.69) is 0 Å². The number of carbonyl (C=O) groups is 1. The number of nitrogens with zero attached hydrogens (tertiary/aromatic N) is 1. The third-order valence-corrected chi connectivity index (χ3v) is 2.57. The first-order valence-corrected chi connectivity index (χ1v) is 4.75. The molecule has 14 heavy (non-hydrogen) atoms. The van der Waals surface area contributed by atoms with Gasteiger partial charge in [-0.25, -0.2) is 0 Å². The number of nitrogens with two attached hydrogens (primary N) is 1. The van der Waals surface area contributed by atoms with Gasteiger partial charge < -0.3 is 10.5 Å². The van der Waals surface area contributed by atoms with Crippen LogP contribution in [0.25, 0.3) is 0 Å². The van der Waals surface area contributed by atoms with Crippen molar-refractivity contribution in [1.82, 2.24) is 0 Å². The Morgan fingerprint density at radius 3 is 2.71 bits per heavy atom. The maximum atomic E-state index is 11.0. The van der Waals surface area contributed by atoms with Gasteiger partial charge in [0.15, 0.2) is 0 Å². The summed E-state index contributed by atoms with van der Waals surface area (Å²) in [6.45, 7) is 0. The van der Waals surface area contributed by atoms with E-state index < -0.39 is 5.91 Å². The van der Waals surface area contributed by atoms with Crippen LogP contribution in [0.1, 0.15) is 15.9 Å². The molecule has 0 saturated heterocycles. The molecule has 0 radical (unpaired) electrons. The number of nitriles is 1. The Bertz CT molecular complexity index is 424. The highest BCUT2D eigenvalue weighted by Crippen LogP contribution is 2.23. The van der Waals surface area contributed by atoms with Crippen LogP contribution in [0.3, 0.4) is 0 Å². The van der Waals surface area contributed by atoms with Crippen molar-refractivity contribution in [3.8, 4) is 11.8 Å². The first-order chi connectivity index (χ1) is 6.60. The number of hydrogen-bond donors (Lipinski definition) is 1. The number of rotatable bonds is 2. The van der Waals surface area contributed by atoms with Crippen LogP contribution in [0.4, 0.5) is 0 Å². The Hall–Kier alpha value is -1.29. The van der Waals surface area contributed by atoms with E-state index in [0.29, 0.717) is 14.9 Å². The normalized spacial score (nSPS) is 9.21. The average Bonchev–Trinajstić information content (AvgIpc) is 2.17. The van der Waals surface area contributed by atoms with Crippen LogP contribution in [0.2, 0.25) is 0 Å². The lowest BCUT2D eigenvalue weighted by atomic mass is 10.1. The molecular weight excluding hydrogens is 295 g/mol. The molecule has 0 fully saturated rings. The number of ether oxygens (including phenoxy) is 1. The van der Waals surface area contributed by atoms with E-state index in [1.165, 1.54) is 13.2 Å². The van der Waals surface area contributed by atoms with Crippen LogP contribution in [0, 0.1) is 14.9 Å². The standard InChI is InChI=1S/C9H7IN2O2/c1-14-8-2-5(4-11)7(10)3-6(8)9(12)13/h2-3H,1H3,(H2,12,13). The van der Waals surface area contributed by atoms with E-state index in [0.717, 1.165) is 0 Å². The molecule has 0 unspecified atom stereocenters. The van der Waals surface area contributed by atoms with Crippen LogP contribution in [-0.2, 0) is 0 Å². The minimum atomic E-state index is -0.566. The Kier molecular flexibility index (Phi) is 3.30. The lowest BCUT2D eigenvalue weighted by molar-refractivity contribution is 0.0997. The van der Waals surface area contributed by atoms with Crippen molar-refractivity contribution in [1.29, 1.82) is 5.26 Å². The molecule has 0 spiro atoms. The van der Waals surface area contributed by atoms with Crippen molar-refractivity contribution in [3.05, 3.63) is 26.8 Å². The molecule has 5 heteroatoms. The van der Waals surface area contributed by atoms with Crippen molar-refractivity contribution in [2.24, 2.45) is 5.73 Å². The molecule has 0 aliphatic carbocycles. The van der Waals surface area contributed by atoms with E-state index in [4.69, 9.17) is 15.7 Å². The quantitative estimate of drug-likeness (QED) is 0.836. The van der Waals surface area contributed by atoms with E-state index >= 15 is 0 Å². The molecule has 0 aromatic heterocycles. The predicted octanol–water partition coefficient (Wildman–Crippen LogP) is 1.27. The molecule has 1 rings (SSSR count). The molecule has 0 bridgehead atoms. The highest BCUT2D eigenvalue weighted by atomic mass is 127. The number of halogens is 1. The highest BCUT2D eigenvalue weighted by Gasteiger charge is 2.12. The van der Waals surface area contributed by atoms with Crippen molar-refractivity contribution >= 4 is 28.5 Å². The Morgan fingerprint density at radius 1 is 1.64 bits per heavy atom. The zero-order chi connectivity index (χ0) is 10.7. The summed E-state index contributed by atoms with van der Waals surface area (Å²) < 4.78 is 5.63. The van der Waals surface area contributed by atoms with Crippen LogP contribution < -0.4 is 10.5 Å². The molecular formula is C9H7IN2O2. The summed E-state index contributed by atoms with van der Waals surface area (Å²) in [6, 6.07) is 5.04. The molecule has 0 heterocycles. The second-order valence-corrected chi connectivity index (χ2v) is 3.67. The van der Waals surface area contributed by atoms with Gasteiger partial charge in [-0.15, -0.1) is 0 Å². The van der Waals surface area contributed by atoms with Gasteiger partial charge in [0.2, 0.25) is 0 Å². The second kappa shape index (κ2) is 4.28. The summed E-state index contributed by atoms with van der Waals surface area (Å²) in [4.78, 5) is 11.0. The SMILES string of the molecule is COc1cc(C#N)c(I)cc1C(N)=O. The number of amides is 1. The molecule has 2 N–H and O–H groups in total. The third kappa shape index (κ3) is 1.96. The Balaban J connectivity index is 3.41. The Labute approximate surface area is 94.8 Å². The van der Waals surface area contributed by atoms with Crippen LogP contribution in [0.5, 0.6) is 5.75 Å². The summed E-state index contributed by atoms with van der Waals surface area (Å²) in [5.41, 5.74) is 5.90. The van der Waals surface area contributed by atoms with E-state index in [9.17, 15) is 4.79 Å². The van der Waals surface area contributed by atoms with Crippen LogP contribution >= 0.6 is 22.6 Å². The van der Waals surface area contributed by atoms with E-state index in [-0.39, 0.29) is 5.56 Å². The van der Waals surface area contributed by atoms with E-state index in [1.54, 1.807) is 6.07 Å². The Morgan fingerprint density at radius 2 is 2.29 bits per heavy atom. The van der Waals surface area contributed by atoms with Crippen LogP contribution in [-0.4, -0.2) is 13.0 Å². The minimum Gasteiger partial charge on any atom is -0.496 e. The van der Waals surface area contributed by atoms with Gasteiger partial charge in [0.25, 0.3) is 5.91 Å². The van der Waals surface area contributed by atoms with Gasteiger partial charge in [-0.3, -0.25) is 4.79 Å². The maximum Gasteiger partial charge on any atom is 0.252 e. The first-order valence-electron chi connectivity index (χ1n) is 3.67. The fraction of sp³-hybridized carbons (Fsp3) is 0.111.